The van der Waals surface area contributed by atoms with Gasteiger partial charge in [0.15, 0.2) is 0 Å². The molecule has 0 bridgehead atoms. The van der Waals surface area contributed by atoms with Crippen molar-refractivity contribution in [3.8, 4) is 0 Å². The van der Waals surface area contributed by atoms with Crippen LogP contribution in [0.4, 0.5) is 11.5 Å². The quantitative estimate of drug-likeness (QED) is 0.779. The van der Waals surface area contributed by atoms with E-state index < -0.39 is 0 Å². The number of aromatic nitrogens is 1. The van der Waals surface area contributed by atoms with Crippen LogP contribution in [0, 0.1) is 0 Å². The summed E-state index contributed by atoms with van der Waals surface area (Å²) in [5.74, 6) is 0.604. The molecule has 0 radical (unpaired) electrons. The third-order valence-electron chi connectivity index (χ3n) is 5.47. The standard InChI is InChI=1S/C22H21N3O2/c26-22(18-5-2-10-23-21(18)25-11-13-27-14-12-25)24-19-9-8-16-7-6-15-3-1-4-17(19)20(15)16/h1-5,8-10H,6-7,11-14H2,(H,24,26). The predicted octanol–water partition coefficient (Wildman–Crippen LogP) is 3.42. The number of benzene rings is 2. The van der Waals surface area contributed by atoms with Crippen molar-refractivity contribution in [2.75, 3.05) is 36.5 Å². The molecule has 2 aliphatic rings. The fourth-order valence-corrected chi connectivity index (χ4v) is 4.15. The minimum atomic E-state index is -0.122. The second-order valence-electron chi connectivity index (χ2n) is 7.04. The number of amides is 1. The summed E-state index contributed by atoms with van der Waals surface area (Å²) >= 11 is 0. The van der Waals surface area contributed by atoms with Crippen molar-refractivity contribution in [1.29, 1.82) is 0 Å². The highest BCUT2D eigenvalue weighted by Gasteiger charge is 2.21. The third kappa shape index (κ3) is 2.84. The summed E-state index contributed by atoms with van der Waals surface area (Å²) < 4.78 is 5.42. The Morgan fingerprint density at radius 1 is 1.00 bits per heavy atom. The molecule has 0 unspecified atom stereocenters. The van der Waals surface area contributed by atoms with Gasteiger partial charge >= 0.3 is 0 Å². The van der Waals surface area contributed by atoms with Crippen LogP contribution >= 0.6 is 0 Å². The number of ether oxygens (including phenoxy) is 1. The van der Waals surface area contributed by atoms with Gasteiger partial charge in [-0.3, -0.25) is 4.79 Å². The molecule has 1 saturated heterocycles. The van der Waals surface area contributed by atoms with E-state index in [2.05, 4.69) is 39.5 Å². The Morgan fingerprint density at radius 3 is 2.67 bits per heavy atom. The summed E-state index contributed by atoms with van der Waals surface area (Å²) in [4.78, 5) is 19.7. The SMILES string of the molecule is O=C(Nc1ccc2c3c(cccc13)CC2)c1cccnc1N1CCOCC1. The monoisotopic (exact) mass is 359 g/mol. The molecule has 3 aromatic rings. The van der Waals surface area contributed by atoms with Crippen molar-refractivity contribution in [2.24, 2.45) is 0 Å². The molecular formula is C22H21N3O2. The van der Waals surface area contributed by atoms with E-state index in [-0.39, 0.29) is 5.91 Å². The number of carbonyl (C=O) groups is 1. The first-order valence-electron chi connectivity index (χ1n) is 9.44. The Hall–Kier alpha value is -2.92. The lowest BCUT2D eigenvalue weighted by Crippen LogP contribution is -2.38. The minimum absolute atomic E-state index is 0.122. The third-order valence-corrected chi connectivity index (χ3v) is 5.47. The summed E-state index contributed by atoms with van der Waals surface area (Å²) in [5.41, 5.74) is 4.20. The Balaban J connectivity index is 1.49. The zero-order chi connectivity index (χ0) is 18.2. The number of nitrogens with zero attached hydrogens (tertiary/aromatic N) is 2. The fraction of sp³-hybridized carbons (Fsp3) is 0.273. The molecule has 0 spiro atoms. The topological polar surface area (TPSA) is 54.5 Å². The highest BCUT2D eigenvalue weighted by molar-refractivity contribution is 6.12. The molecule has 2 heterocycles. The van der Waals surface area contributed by atoms with Crippen LogP contribution < -0.4 is 10.2 Å². The molecule has 1 amide bonds. The van der Waals surface area contributed by atoms with Crippen LogP contribution in [-0.2, 0) is 17.6 Å². The van der Waals surface area contributed by atoms with Crippen LogP contribution in [0.2, 0.25) is 0 Å². The molecule has 1 aromatic heterocycles. The molecule has 0 saturated carbocycles. The Kier molecular flexibility index (Phi) is 4.02. The molecule has 1 N–H and O–H groups in total. The number of aryl methyl sites for hydroxylation is 2. The summed E-state index contributed by atoms with van der Waals surface area (Å²) in [6.07, 6.45) is 3.89. The van der Waals surface area contributed by atoms with Gasteiger partial charge in [0.1, 0.15) is 5.82 Å². The Labute approximate surface area is 158 Å². The van der Waals surface area contributed by atoms with E-state index in [1.807, 2.05) is 18.2 Å². The van der Waals surface area contributed by atoms with Gasteiger partial charge in [0.25, 0.3) is 5.91 Å². The molecule has 1 aliphatic carbocycles. The maximum atomic E-state index is 13.1. The first-order chi connectivity index (χ1) is 13.3. The average Bonchev–Trinajstić information content (AvgIpc) is 3.15. The van der Waals surface area contributed by atoms with Crippen molar-refractivity contribution in [1.82, 2.24) is 4.98 Å². The van der Waals surface area contributed by atoms with Crippen molar-refractivity contribution in [2.45, 2.75) is 12.8 Å². The van der Waals surface area contributed by atoms with E-state index in [4.69, 9.17) is 4.74 Å². The number of hydrogen-bond donors (Lipinski definition) is 1. The molecule has 0 atom stereocenters. The molecule has 2 aromatic carbocycles. The predicted molar refractivity (Wildman–Crippen MR) is 107 cm³/mol. The molecule has 5 nitrogen and oxygen atoms in total. The van der Waals surface area contributed by atoms with Crippen LogP contribution in [-0.4, -0.2) is 37.2 Å². The molecule has 27 heavy (non-hydrogen) atoms. The highest BCUT2D eigenvalue weighted by atomic mass is 16.5. The molecular weight excluding hydrogens is 338 g/mol. The van der Waals surface area contributed by atoms with Gasteiger partial charge in [0.2, 0.25) is 0 Å². The van der Waals surface area contributed by atoms with Crippen LogP contribution in [0.15, 0.2) is 48.7 Å². The minimum Gasteiger partial charge on any atom is -0.378 e. The summed E-state index contributed by atoms with van der Waals surface area (Å²) in [7, 11) is 0. The van der Waals surface area contributed by atoms with E-state index in [0.717, 1.165) is 42.8 Å². The van der Waals surface area contributed by atoms with Gasteiger partial charge in [0, 0.05) is 30.4 Å². The van der Waals surface area contributed by atoms with Crippen LogP contribution in [0.3, 0.4) is 0 Å². The van der Waals surface area contributed by atoms with Crippen LogP contribution in [0.1, 0.15) is 21.5 Å². The number of morpholine rings is 1. The zero-order valence-electron chi connectivity index (χ0n) is 15.1. The summed E-state index contributed by atoms with van der Waals surface area (Å²) in [6.45, 7) is 2.82. The Bertz CT molecular complexity index is 1010. The van der Waals surface area contributed by atoms with Gasteiger partial charge in [-0.1, -0.05) is 24.3 Å². The number of carbonyl (C=O) groups excluding carboxylic acids is 1. The number of rotatable bonds is 3. The van der Waals surface area contributed by atoms with E-state index in [9.17, 15) is 4.79 Å². The van der Waals surface area contributed by atoms with Gasteiger partial charge in [-0.25, -0.2) is 4.98 Å². The number of pyridine rings is 1. The van der Waals surface area contributed by atoms with Gasteiger partial charge in [0.05, 0.1) is 18.8 Å². The highest BCUT2D eigenvalue weighted by Crippen LogP contribution is 2.35. The average molecular weight is 359 g/mol. The molecule has 5 heteroatoms. The largest absolute Gasteiger partial charge is 0.378 e. The van der Waals surface area contributed by atoms with Gasteiger partial charge < -0.3 is 15.0 Å². The summed E-state index contributed by atoms with van der Waals surface area (Å²) in [6, 6.07) is 14.2. The maximum Gasteiger partial charge on any atom is 0.259 e. The molecule has 136 valence electrons. The number of nitrogens with one attached hydrogen (secondary N) is 1. The number of hydrogen-bond acceptors (Lipinski definition) is 4. The first-order valence-corrected chi connectivity index (χ1v) is 9.44. The summed E-state index contributed by atoms with van der Waals surface area (Å²) in [5, 5.41) is 5.55. The van der Waals surface area contributed by atoms with Crippen molar-refractivity contribution in [3.05, 3.63) is 65.4 Å². The van der Waals surface area contributed by atoms with Gasteiger partial charge in [-0.2, -0.15) is 0 Å². The lowest BCUT2D eigenvalue weighted by Gasteiger charge is -2.29. The van der Waals surface area contributed by atoms with E-state index in [1.54, 1.807) is 6.20 Å². The van der Waals surface area contributed by atoms with Crippen molar-refractivity contribution < 1.29 is 9.53 Å². The molecule has 5 rings (SSSR count). The molecule has 1 aliphatic heterocycles. The smallest absolute Gasteiger partial charge is 0.259 e. The second kappa shape index (κ2) is 6.67. The normalized spacial score (nSPS) is 15.9. The Morgan fingerprint density at radius 2 is 1.81 bits per heavy atom. The van der Waals surface area contributed by atoms with Crippen LogP contribution in [0.25, 0.3) is 10.8 Å². The van der Waals surface area contributed by atoms with E-state index in [1.165, 1.54) is 16.5 Å². The maximum absolute atomic E-state index is 13.1. The van der Waals surface area contributed by atoms with Crippen molar-refractivity contribution >= 4 is 28.2 Å². The zero-order valence-corrected chi connectivity index (χ0v) is 15.1. The van der Waals surface area contributed by atoms with E-state index >= 15 is 0 Å². The van der Waals surface area contributed by atoms with Crippen LogP contribution in [0.5, 0.6) is 0 Å². The fourth-order valence-electron chi connectivity index (χ4n) is 4.15. The number of anilines is 2. The van der Waals surface area contributed by atoms with Gasteiger partial charge in [-0.05, 0) is 47.6 Å². The van der Waals surface area contributed by atoms with Crippen molar-refractivity contribution in [3.63, 3.8) is 0 Å². The lowest BCUT2D eigenvalue weighted by molar-refractivity contribution is 0.102. The van der Waals surface area contributed by atoms with E-state index in [0.29, 0.717) is 18.8 Å². The second-order valence-corrected chi connectivity index (χ2v) is 7.04. The van der Waals surface area contributed by atoms with Gasteiger partial charge in [-0.15, -0.1) is 0 Å². The lowest BCUT2D eigenvalue weighted by atomic mass is 10.0. The first kappa shape index (κ1) is 16.3. The molecule has 1 fully saturated rings.